The summed E-state index contributed by atoms with van der Waals surface area (Å²) in [7, 11) is 0. The van der Waals surface area contributed by atoms with Crippen molar-refractivity contribution in [2.45, 2.75) is 19.9 Å². The van der Waals surface area contributed by atoms with Gasteiger partial charge < -0.3 is 10.1 Å². The number of carbonyl (C=O) groups is 2. The second-order valence-corrected chi connectivity index (χ2v) is 6.60. The highest BCUT2D eigenvalue weighted by Crippen LogP contribution is 2.34. The van der Waals surface area contributed by atoms with Gasteiger partial charge in [0.15, 0.2) is 6.61 Å². The number of rotatable bonds is 4. The zero-order valence-electron chi connectivity index (χ0n) is 13.3. The third-order valence-corrected chi connectivity index (χ3v) is 4.09. The van der Waals surface area contributed by atoms with Gasteiger partial charge in [0.25, 0.3) is 5.91 Å². The van der Waals surface area contributed by atoms with Crippen LogP contribution in [0.25, 0.3) is 0 Å². The lowest BCUT2D eigenvalue weighted by molar-refractivity contribution is -0.123. The predicted molar refractivity (Wildman–Crippen MR) is 93.2 cm³/mol. The van der Waals surface area contributed by atoms with Crippen molar-refractivity contribution in [2.75, 3.05) is 23.4 Å². The zero-order valence-corrected chi connectivity index (χ0v) is 14.9. The number of nitrogens with zero attached hydrogens (tertiary/aromatic N) is 3. The summed E-state index contributed by atoms with van der Waals surface area (Å²) >= 11 is 3.37. The Morgan fingerprint density at radius 3 is 2.96 bits per heavy atom. The summed E-state index contributed by atoms with van der Waals surface area (Å²) in [6.45, 7) is 3.78. The Balaban J connectivity index is 1.77. The summed E-state index contributed by atoms with van der Waals surface area (Å²) in [5.41, 5.74) is 0.585. The summed E-state index contributed by atoms with van der Waals surface area (Å²) in [6.07, 6.45) is 1.63. The fourth-order valence-electron chi connectivity index (χ4n) is 2.50. The average molecular weight is 393 g/mol. The minimum Gasteiger partial charge on any atom is -0.482 e. The fraction of sp³-hybridized carbons (Fsp3) is 0.312. The van der Waals surface area contributed by atoms with E-state index in [0.717, 1.165) is 4.47 Å². The van der Waals surface area contributed by atoms with E-state index in [0.29, 0.717) is 17.3 Å². The molecular formula is C16H17BrN4O3. The standard InChI is InChI=1S/C16H17BrN4O3/c1-10(2)21-14(5-6-18-21)19-15(22)8-20-12-4-3-11(17)7-13(12)24-9-16(20)23/h3-7,10H,8-9H2,1-2H3,(H,19,22). The molecule has 1 aromatic heterocycles. The van der Waals surface area contributed by atoms with E-state index in [2.05, 4.69) is 26.3 Å². The summed E-state index contributed by atoms with van der Waals surface area (Å²) in [5.74, 6) is 0.634. The van der Waals surface area contributed by atoms with Crippen LogP contribution in [0, 0.1) is 0 Å². The number of carbonyl (C=O) groups excluding carboxylic acids is 2. The molecule has 24 heavy (non-hydrogen) atoms. The molecule has 0 aliphatic carbocycles. The number of halogens is 1. The van der Waals surface area contributed by atoms with Gasteiger partial charge in [-0.15, -0.1) is 0 Å². The molecule has 2 amide bonds. The van der Waals surface area contributed by atoms with E-state index in [1.54, 1.807) is 35.1 Å². The fourth-order valence-corrected chi connectivity index (χ4v) is 2.84. The highest BCUT2D eigenvalue weighted by molar-refractivity contribution is 9.10. The van der Waals surface area contributed by atoms with Crippen molar-refractivity contribution in [3.05, 3.63) is 34.9 Å². The van der Waals surface area contributed by atoms with Crippen LogP contribution in [-0.4, -0.2) is 34.7 Å². The van der Waals surface area contributed by atoms with Crippen molar-refractivity contribution < 1.29 is 14.3 Å². The topological polar surface area (TPSA) is 76.5 Å². The summed E-state index contributed by atoms with van der Waals surface area (Å²) < 4.78 is 7.98. The largest absolute Gasteiger partial charge is 0.482 e. The lowest BCUT2D eigenvalue weighted by atomic mass is 10.2. The Morgan fingerprint density at radius 1 is 1.42 bits per heavy atom. The van der Waals surface area contributed by atoms with E-state index in [-0.39, 0.29) is 31.0 Å². The minimum atomic E-state index is -0.290. The minimum absolute atomic E-state index is 0.0827. The molecule has 0 saturated heterocycles. The van der Waals surface area contributed by atoms with Gasteiger partial charge in [0, 0.05) is 16.6 Å². The molecule has 1 N–H and O–H groups in total. The molecule has 2 heterocycles. The first-order valence-corrected chi connectivity index (χ1v) is 8.31. The van der Waals surface area contributed by atoms with E-state index in [9.17, 15) is 9.59 Å². The second kappa shape index (κ2) is 6.64. The van der Waals surface area contributed by atoms with Crippen LogP contribution >= 0.6 is 15.9 Å². The smallest absolute Gasteiger partial charge is 0.265 e. The lowest BCUT2D eigenvalue weighted by Crippen LogP contribution is -2.43. The number of ether oxygens (including phenoxy) is 1. The van der Waals surface area contributed by atoms with Crippen LogP contribution in [-0.2, 0) is 9.59 Å². The Morgan fingerprint density at radius 2 is 2.21 bits per heavy atom. The van der Waals surface area contributed by atoms with E-state index in [1.807, 2.05) is 13.8 Å². The molecule has 0 saturated carbocycles. The molecule has 1 aliphatic rings. The molecule has 0 fully saturated rings. The number of anilines is 2. The van der Waals surface area contributed by atoms with Gasteiger partial charge in [0.05, 0.1) is 11.9 Å². The van der Waals surface area contributed by atoms with Crippen molar-refractivity contribution in [2.24, 2.45) is 0 Å². The van der Waals surface area contributed by atoms with Gasteiger partial charge in [-0.05, 0) is 32.0 Å². The molecule has 2 aromatic rings. The number of hydrogen-bond acceptors (Lipinski definition) is 4. The first kappa shape index (κ1) is 16.5. The molecule has 3 rings (SSSR count). The Hall–Kier alpha value is -2.35. The normalized spacial score (nSPS) is 13.7. The SMILES string of the molecule is CC(C)n1nccc1NC(=O)CN1C(=O)COc2cc(Br)ccc21. The number of aromatic nitrogens is 2. The summed E-state index contributed by atoms with van der Waals surface area (Å²) in [5, 5.41) is 6.97. The van der Waals surface area contributed by atoms with Crippen LogP contribution < -0.4 is 15.0 Å². The van der Waals surface area contributed by atoms with Gasteiger partial charge in [-0.1, -0.05) is 15.9 Å². The highest BCUT2D eigenvalue weighted by atomic mass is 79.9. The van der Waals surface area contributed by atoms with Gasteiger partial charge in [-0.3, -0.25) is 14.5 Å². The average Bonchev–Trinajstić information content (AvgIpc) is 2.98. The third kappa shape index (κ3) is 3.28. The van der Waals surface area contributed by atoms with Crippen molar-refractivity contribution in [1.82, 2.24) is 9.78 Å². The summed E-state index contributed by atoms with van der Waals surface area (Å²) in [4.78, 5) is 26.0. The Kier molecular flexibility index (Phi) is 4.57. The van der Waals surface area contributed by atoms with Crippen LogP contribution in [0.5, 0.6) is 5.75 Å². The molecule has 0 unspecified atom stereocenters. The van der Waals surface area contributed by atoms with Gasteiger partial charge in [-0.25, -0.2) is 4.68 Å². The van der Waals surface area contributed by atoms with E-state index < -0.39 is 0 Å². The van der Waals surface area contributed by atoms with Crippen LogP contribution in [0.15, 0.2) is 34.9 Å². The highest BCUT2D eigenvalue weighted by Gasteiger charge is 2.27. The maximum absolute atomic E-state index is 12.4. The van der Waals surface area contributed by atoms with Crippen molar-refractivity contribution in [3.63, 3.8) is 0 Å². The molecule has 0 atom stereocenters. The molecule has 126 valence electrons. The first-order chi connectivity index (χ1) is 11.5. The first-order valence-electron chi connectivity index (χ1n) is 7.52. The maximum Gasteiger partial charge on any atom is 0.265 e. The predicted octanol–water partition coefficient (Wildman–Crippen LogP) is 2.59. The monoisotopic (exact) mass is 392 g/mol. The number of hydrogen-bond donors (Lipinski definition) is 1. The number of amides is 2. The van der Waals surface area contributed by atoms with E-state index >= 15 is 0 Å². The van der Waals surface area contributed by atoms with Crippen molar-refractivity contribution in [3.8, 4) is 5.75 Å². The Bertz CT molecular complexity index is 787. The molecule has 1 aromatic carbocycles. The van der Waals surface area contributed by atoms with Crippen molar-refractivity contribution in [1.29, 1.82) is 0 Å². The maximum atomic E-state index is 12.4. The quantitative estimate of drug-likeness (QED) is 0.867. The van der Waals surface area contributed by atoms with E-state index in [4.69, 9.17) is 4.74 Å². The van der Waals surface area contributed by atoms with Gasteiger partial charge >= 0.3 is 0 Å². The van der Waals surface area contributed by atoms with Crippen LogP contribution in [0.1, 0.15) is 19.9 Å². The number of benzene rings is 1. The number of fused-ring (bicyclic) bond motifs is 1. The molecule has 1 aliphatic heterocycles. The van der Waals surface area contributed by atoms with Crippen LogP contribution in [0.4, 0.5) is 11.5 Å². The lowest BCUT2D eigenvalue weighted by Gasteiger charge is -2.29. The van der Waals surface area contributed by atoms with Crippen LogP contribution in [0.3, 0.4) is 0 Å². The molecule has 0 bridgehead atoms. The summed E-state index contributed by atoms with van der Waals surface area (Å²) in [6, 6.07) is 7.19. The molecule has 7 nitrogen and oxygen atoms in total. The molecule has 0 radical (unpaired) electrons. The Labute approximate surface area is 147 Å². The molecule has 0 spiro atoms. The van der Waals surface area contributed by atoms with Gasteiger partial charge in [-0.2, -0.15) is 5.10 Å². The molecular weight excluding hydrogens is 376 g/mol. The number of nitrogens with one attached hydrogen (secondary N) is 1. The molecule has 8 heteroatoms. The zero-order chi connectivity index (χ0) is 17.3. The van der Waals surface area contributed by atoms with Crippen molar-refractivity contribution >= 4 is 39.2 Å². The van der Waals surface area contributed by atoms with Gasteiger partial charge in [0.1, 0.15) is 18.1 Å². The third-order valence-electron chi connectivity index (χ3n) is 3.59. The van der Waals surface area contributed by atoms with Crippen LogP contribution in [0.2, 0.25) is 0 Å². The van der Waals surface area contributed by atoms with Gasteiger partial charge in [0.2, 0.25) is 5.91 Å². The van der Waals surface area contributed by atoms with E-state index in [1.165, 1.54) is 4.90 Å². The second-order valence-electron chi connectivity index (χ2n) is 5.68.